The fourth-order valence-electron chi connectivity index (χ4n) is 3.48. The van der Waals surface area contributed by atoms with Gasteiger partial charge in [-0.05, 0) is 30.9 Å². The highest BCUT2D eigenvalue weighted by Gasteiger charge is 2.38. The molecule has 1 aliphatic heterocycles. The van der Waals surface area contributed by atoms with Gasteiger partial charge in [-0.1, -0.05) is 0 Å². The first-order chi connectivity index (χ1) is 11.4. The average Bonchev–Trinajstić information content (AvgIpc) is 3.18. The van der Waals surface area contributed by atoms with Gasteiger partial charge in [-0.15, -0.1) is 10.2 Å². The molecular weight excluding hydrogens is 342 g/mol. The molecule has 2 aromatic heterocycles. The zero-order chi connectivity index (χ0) is 17.1. The summed E-state index contributed by atoms with van der Waals surface area (Å²) < 4.78 is 29.5. The Bertz CT molecular complexity index is 824. The van der Waals surface area contributed by atoms with Crippen LogP contribution in [0.4, 0.5) is 8.78 Å². The van der Waals surface area contributed by atoms with E-state index in [2.05, 4.69) is 15.3 Å². The van der Waals surface area contributed by atoms with Crippen LogP contribution in [0.5, 0.6) is 0 Å². The minimum atomic E-state index is -3.57. The molecule has 0 atom stereocenters. The van der Waals surface area contributed by atoms with Gasteiger partial charge < -0.3 is 9.47 Å². The Kier molecular flexibility index (Phi) is 3.38. The van der Waals surface area contributed by atoms with Crippen molar-refractivity contribution in [2.24, 2.45) is 7.05 Å². The molecule has 4 rings (SSSR count). The van der Waals surface area contributed by atoms with Crippen molar-refractivity contribution in [3.63, 3.8) is 0 Å². The van der Waals surface area contributed by atoms with E-state index in [9.17, 15) is 13.6 Å². The van der Waals surface area contributed by atoms with Gasteiger partial charge in [0.2, 0.25) is 5.82 Å². The Morgan fingerprint density at radius 1 is 1.25 bits per heavy atom. The van der Waals surface area contributed by atoms with E-state index in [1.165, 1.54) is 4.57 Å². The second-order valence-electron chi connectivity index (χ2n) is 6.07. The van der Waals surface area contributed by atoms with Gasteiger partial charge in [0.15, 0.2) is 5.82 Å². The van der Waals surface area contributed by atoms with Crippen LogP contribution in [0.2, 0.25) is 0 Å². The lowest BCUT2D eigenvalue weighted by molar-refractivity contribution is 0.0653. The number of alkyl halides is 3. The summed E-state index contributed by atoms with van der Waals surface area (Å²) in [5.74, 6) is -0.419. The first-order valence-corrected chi connectivity index (χ1v) is 8.07. The van der Waals surface area contributed by atoms with Gasteiger partial charge >= 0.3 is 5.38 Å². The molecule has 0 radical (unpaired) electrons. The Morgan fingerprint density at radius 3 is 2.79 bits per heavy atom. The Balaban J connectivity index is 1.62. The Labute approximate surface area is 141 Å². The van der Waals surface area contributed by atoms with Gasteiger partial charge in [-0.3, -0.25) is 9.48 Å². The van der Waals surface area contributed by atoms with Gasteiger partial charge in [0.05, 0.1) is 12.2 Å². The molecule has 10 heteroatoms. The maximum atomic E-state index is 13.3. The van der Waals surface area contributed by atoms with Gasteiger partial charge in [-0.2, -0.15) is 13.9 Å². The molecule has 128 valence electrons. The van der Waals surface area contributed by atoms with Gasteiger partial charge in [0.1, 0.15) is 5.69 Å². The molecule has 7 nitrogen and oxygen atoms in total. The molecule has 0 saturated carbocycles. The molecule has 24 heavy (non-hydrogen) atoms. The highest BCUT2D eigenvalue weighted by Crippen LogP contribution is 2.32. The largest absolute Gasteiger partial charge is 0.381 e. The molecule has 0 unspecified atom stereocenters. The summed E-state index contributed by atoms with van der Waals surface area (Å²) in [5, 5.41) is 8.08. The normalized spacial score (nSPS) is 17.1. The van der Waals surface area contributed by atoms with Gasteiger partial charge in [0.25, 0.3) is 5.91 Å². The van der Waals surface area contributed by atoms with Crippen molar-refractivity contribution in [1.82, 2.24) is 29.4 Å². The maximum absolute atomic E-state index is 13.3. The molecule has 2 aliphatic rings. The van der Waals surface area contributed by atoms with Crippen molar-refractivity contribution in [2.75, 3.05) is 6.54 Å². The predicted octanol–water partition coefficient (Wildman–Crippen LogP) is 1.44. The van der Waals surface area contributed by atoms with Crippen LogP contribution in [-0.4, -0.2) is 41.9 Å². The van der Waals surface area contributed by atoms with E-state index in [1.807, 2.05) is 0 Å². The molecule has 3 heterocycles. The quantitative estimate of drug-likeness (QED) is 0.764. The fourth-order valence-corrected chi connectivity index (χ4v) is 3.62. The zero-order valence-corrected chi connectivity index (χ0v) is 13.7. The van der Waals surface area contributed by atoms with Crippen LogP contribution in [0.3, 0.4) is 0 Å². The summed E-state index contributed by atoms with van der Waals surface area (Å²) in [6.07, 6.45) is 2.73. The van der Waals surface area contributed by atoms with E-state index in [-0.39, 0.29) is 19.0 Å². The number of hydrogen-bond acceptors (Lipinski definition) is 4. The van der Waals surface area contributed by atoms with Crippen LogP contribution in [0.25, 0.3) is 0 Å². The molecule has 0 spiro atoms. The molecule has 2 aromatic rings. The number of amides is 1. The Morgan fingerprint density at radius 2 is 2.04 bits per heavy atom. The molecule has 0 fully saturated rings. The molecule has 1 amide bonds. The van der Waals surface area contributed by atoms with E-state index in [0.29, 0.717) is 18.1 Å². The summed E-state index contributed by atoms with van der Waals surface area (Å²) in [6, 6.07) is 0. The van der Waals surface area contributed by atoms with Crippen molar-refractivity contribution >= 4 is 17.5 Å². The van der Waals surface area contributed by atoms with E-state index in [1.54, 1.807) is 16.6 Å². The lowest BCUT2D eigenvalue weighted by Gasteiger charge is -2.28. The van der Waals surface area contributed by atoms with E-state index >= 15 is 0 Å². The number of halogens is 3. The van der Waals surface area contributed by atoms with Crippen molar-refractivity contribution in [1.29, 1.82) is 0 Å². The third-order valence-corrected chi connectivity index (χ3v) is 4.73. The van der Waals surface area contributed by atoms with Crippen molar-refractivity contribution in [3.05, 3.63) is 28.6 Å². The molecule has 1 aliphatic carbocycles. The van der Waals surface area contributed by atoms with Gasteiger partial charge in [-0.25, -0.2) is 0 Å². The van der Waals surface area contributed by atoms with Crippen LogP contribution in [0.1, 0.15) is 39.8 Å². The summed E-state index contributed by atoms with van der Waals surface area (Å²) in [6.45, 7) is 0.605. The highest BCUT2D eigenvalue weighted by molar-refractivity contribution is 6.21. The number of aryl methyl sites for hydroxylation is 2. The number of hydrogen-bond donors (Lipinski definition) is 0. The van der Waals surface area contributed by atoms with Gasteiger partial charge in [0, 0.05) is 25.7 Å². The SMILES string of the molecule is Cn1nc2c(c1C(=O)N1CCn3c(nnc3C(F)(F)Cl)C1)CCC2. The van der Waals surface area contributed by atoms with Crippen molar-refractivity contribution in [2.45, 2.75) is 37.7 Å². The van der Waals surface area contributed by atoms with Crippen LogP contribution < -0.4 is 0 Å². The van der Waals surface area contributed by atoms with E-state index < -0.39 is 11.2 Å². The molecular formula is C14H15ClF2N6O. The van der Waals surface area contributed by atoms with Crippen molar-refractivity contribution < 1.29 is 13.6 Å². The lowest BCUT2D eigenvalue weighted by atomic mass is 10.1. The molecule has 0 N–H and O–H groups in total. The third kappa shape index (κ3) is 2.29. The first kappa shape index (κ1) is 15.5. The van der Waals surface area contributed by atoms with Crippen molar-refractivity contribution in [3.8, 4) is 0 Å². The minimum absolute atomic E-state index is 0.124. The van der Waals surface area contributed by atoms with Crippen LogP contribution in [0, 0.1) is 0 Å². The second kappa shape index (κ2) is 5.23. The number of rotatable bonds is 2. The number of nitrogens with zero attached hydrogens (tertiary/aromatic N) is 6. The molecule has 0 aromatic carbocycles. The molecule has 0 saturated heterocycles. The summed E-state index contributed by atoms with van der Waals surface area (Å²) in [4.78, 5) is 14.5. The Hall–Kier alpha value is -2.03. The maximum Gasteiger partial charge on any atom is 0.381 e. The topological polar surface area (TPSA) is 68.8 Å². The monoisotopic (exact) mass is 356 g/mol. The standard InChI is InChI=1S/C14H15ClF2N6O/c1-21-11(8-3-2-4-9(8)20-21)12(24)22-5-6-23-10(7-22)18-19-13(23)14(15,16)17/h2-7H2,1H3. The van der Waals surface area contributed by atoms with Crippen LogP contribution >= 0.6 is 11.6 Å². The van der Waals surface area contributed by atoms with Crippen LogP contribution in [0.15, 0.2) is 0 Å². The number of carbonyl (C=O) groups is 1. The summed E-state index contributed by atoms with van der Waals surface area (Å²) >= 11 is 5.05. The van der Waals surface area contributed by atoms with Crippen LogP contribution in [-0.2, 0) is 38.4 Å². The number of aromatic nitrogens is 5. The van der Waals surface area contributed by atoms with E-state index in [4.69, 9.17) is 11.6 Å². The highest BCUT2D eigenvalue weighted by atomic mass is 35.5. The molecule has 0 bridgehead atoms. The summed E-state index contributed by atoms with van der Waals surface area (Å²) in [5.41, 5.74) is 2.56. The fraction of sp³-hybridized carbons (Fsp3) is 0.571. The number of carbonyl (C=O) groups excluding carboxylic acids is 1. The second-order valence-corrected chi connectivity index (χ2v) is 6.54. The number of fused-ring (bicyclic) bond motifs is 2. The lowest BCUT2D eigenvalue weighted by Crippen LogP contribution is -2.40. The third-order valence-electron chi connectivity index (χ3n) is 4.57. The first-order valence-electron chi connectivity index (χ1n) is 7.69. The zero-order valence-electron chi connectivity index (χ0n) is 13.0. The van der Waals surface area contributed by atoms with E-state index in [0.717, 1.165) is 30.5 Å². The minimum Gasteiger partial charge on any atom is -0.328 e. The summed E-state index contributed by atoms with van der Waals surface area (Å²) in [7, 11) is 1.75. The smallest absolute Gasteiger partial charge is 0.328 e. The average molecular weight is 357 g/mol. The predicted molar refractivity (Wildman–Crippen MR) is 79.7 cm³/mol.